The Morgan fingerprint density at radius 1 is 1.20 bits per heavy atom. The highest BCUT2D eigenvalue weighted by molar-refractivity contribution is 7.89. The molecule has 1 amide bonds. The van der Waals surface area contributed by atoms with Crippen LogP contribution >= 0.6 is 0 Å². The molecule has 25 heavy (non-hydrogen) atoms. The average Bonchev–Trinajstić information content (AvgIpc) is 2.60. The summed E-state index contributed by atoms with van der Waals surface area (Å²) < 4.78 is 28.3. The van der Waals surface area contributed by atoms with Crippen molar-refractivity contribution in [2.75, 3.05) is 12.4 Å². The smallest absolute Gasteiger partial charge is 0.241 e. The van der Waals surface area contributed by atoms with Crippen LogP contribution in [0.3, 0.4) is 0 Å². The van der Waals surface area contributed by atoms with Gasteiger partial charge in [-0.3, -0.25) is 4.79 Å². The first-order valence-electron chi connectivity index (χ1n) is 7.86. The normalized spacial score (nSPS) is 12.5. The lowest BCUT2D eigenvalue weighted by molar-refractivity contribution is -0.117. The Hall–Kier alpha value is -2.38. The van der Waals surface area contributed by atoms with Crippen molar-refractivity contribution in [2.24, 2.45) is 5.14 Å². The van der Waals surface area contributed by atoms with E-state index in [9.17, 15) is 13.2 Å². The van der Waals surface area contributed by atoms with E-state index in [1.54, 1.807) is 13.0 Å². The SMILES string of the molecule is CCc1ccc(C(C)C(=O)Nc2ccc(OC)c(S(N)(=O)=O)c2)cc1. The average molecular weight is 362 g/mol. The van der Waals surface area contributed by atoms with Crippen LogP contribution in [0.5, 0.6) is 5.75 Å². The molecule has 2 rings (SSSR count). The van der Waals surface area contributed by atoms with Crippen LogP contribution < -0.4 is 15.2 Å². The van der Waals surface area contributed by atoms with Crippen LogP contribution in [-0.4, -0.2) is 21.4 Å². The standard InChI is InChI=1S/C18H22N2O4S/c1-4-13-5-7-14(8-6-13)12(2)18(21)20-15-9-10-16(24-3)17(11-15)25(19,22)23/h5-12H,4H2,1-3H3,(H,20,21)(H2,19,22,23). The number of methoxy groups -OCH3 is 1. The second-order valence-corrected chi connectivity index (χ2v) is 7.25. The quantitative estimate of drug-likeness (QED) is 0.825. The molecule has 0 bridgehead atoms. The van der Waals surface area contributed by atoms with Gasteiger partial charge >= 0.3 is 0 Å². The molecule has 0 fully saturated rings. The Morgan fingerprint density at radius 3 is 2.36 bits per heavy atom. The van der Waals surface area contributed by atoms with E-state index in [1.165, 1.54) is 24.8 Å². The van der Waals surface area contributed by atoms with E-state index >= 15 is 0 Å². The molecule has 2 aromatic rings. The summed E-state index contributed by atoms with van der Waals surface area (Å²) in [5, 5.41) is 7.91. The maximum atomic E-state index is 12.5. The number of benzene rings is 2. The topological polar surface area (TPSA) is 98.5 Å². The van der Waals surface area contributed by atoms with Crippen LogP contribution in [0.25, 0.3) is 0 Å². The van der Waals surface area contributed by atoms with E-state index in [-0.39, 0.29) is 22.5 Å². The number of rotatable bonds is 6. The molecule has 0 saturated carbocycles. The number of nitrogens with one attached hydrogen (secondary N) is 1. The summed E-state index contributed by atoms with van der Waals surface area (Å²) >= 11 is 0. The van der Waals surface area contributed by atoms with Gasteiger partial charge < -0.3 is 10.1 Å². The zero-order chi connectivity index (χ0) is 18.6. The lowest BCUT2D eigenvalue weighted by Gasteiger charge is -2.14. The predicted octanol–water partition coefficient (Wildman–Crippen LogP) is 2.65. The minimum atomic E-state index is -3.96. The summed E-state index contributed by atoms with van der Waals surface area (Å²) in [6, 6.07) is 12.1. The summed E-state index contributed by atoms with van der Waals surface area (Å²) in [4.78, 5) is 12.3. The number of ether oxygens (including phenoxy) is 1. The van der Waals surface area contributed by atoms with E-state index < -0.39 is 10.0 Å². The molecule has 0 aliphatic rings. The number of primary sulfonamides is 1. The van der Waals surface area contributed by atoms with Crippen LogP contribution in [0.2, 0.25) is 0 Å². The van der Waals surface area contributed by atoms with Gasteiger partial charge in [0.05, 0.1) is 13.0 Å². The number of anilines is 1. The molecule has 0 aliphatic heterocycles. The van der Waals surface area contributed by atoms with Crippen molar-refractivity contribution in [2.45, 2.75) is 31.1 Å². The van der Waals surface area contributed by atoms with Crippen molar-refractivity contribution in [1.82, 2.24) is 0 Å². The second kappa shape index (κ2) is 7.67. The maximum Gasteiger partial charge on any atom is 0.241 e. The van der Waals surface area contributed by atoms with Gasteiger partial charge in [0, 0.05) is 5.69 Å². The third-order valence-corrected chi connectivity index (χ3v) is 4.95. The molecule has 0 aromatic heterocycles. The summed E-state index contributed by atoms with van der Waals surface area (Å²) in [5.41, 5.74) is 2.42. The Labute approximate surface area is 148 Å². The van der Waals surface area contributed by atoms with E-state index in [0.29, 0.717) is 5.69 Å². The van der Waals surface area contributed by atoms with Gasteiger partial charge in [0.2, 0.25) is 15.9 Å². The van der Waals surface area contributed by atoms with Gasteiger partial charge in [0.1, 0.15) is 10.6 Å². The van der Waals surface area contributed by atoms with Gasteiger partial charge in [-0.05, 0) is 42.7 Å². The predicted molar refractivity (Wildman–Crippen MR) is 97.2 cm³/mol. The van der Waals surface area contributed by atoms with E-state index in [4.69, 9.17) is 9.88 Å². The third kappa shape index (κ3) is 4.58. The van der Waals surface area contributed by atoms with Crippen LogP contribution in [-0.2, 0) is 21.2 Å². The summed E-state index contributed by atoms with van der Waals surface area (Å²) in [6.45, 7) is 3.86. The molecule has 2 aromatic carbocycles. The molecular weight excluding hydrogens is 340 g/mol. The first-order chi connectivity index (χ1) is 11.8. The summed E-state index contributed by atoms with van der Waals surface area (Å²) in [6.07, 6.45) is 0.934. The van der Waals surface area contributed by atoms with Crippen molar-refractivity contribution in [3.05, 3.63) is 53.6 Å². The molecular formula is C18H22N2O4S. The van der Waals surface area contributed by atoms with Gasteiger partial charge in [-0.2, -0.15) is 0 Å². The maximum absolute atomic E-state index is 12.5. The fraction of sp³-hybridized carbons (Fsp3) is 0.278. The number of hydrogen-bond acceptors (Lipinski definition) is 4. The number of sulfonamides is 1. The lowest BCUT2D eigenvalue weighted by atomic mass is 9.98. The van der Waals surface area contributed by atoms with Crippen LogP contribution in [0.1, 0.15) is 30.9 Å². The zero-order valence-corrected chi connectivity index (χ0v) is 15.3. The zero-order valence-electron chi connectivity index (χ0n) is 14.4. The highest BCUT2D eigenvalue weighted by Crippen LogP contribution is 2.27. The number of aryl methyl sites for hydroxylation is 1. The molecule has 6 nitrogen and oxygen atoms in total. The molecule has 0 heterocycles. The summed E-state index contributed by atoms with van der Waals surface area (Å²) in [5.74, 6) is -0.496. The largest absolute Gasteiger partial charge is 0.495 e. The molecule has 0 spiro atoms. The van der Waals surface area contributed by atoms with Crippen molar-refractivity contribution in [3.8, 4) is 5.75 Å². The first-order valence-corrected chi connectivity index (χ1v) is 9.41. The van der Waals surface area contributed by atoms with Crippen molar-refractivity contribution in [1.29, 1.82) is 0 Å². The first kappa shape index (κ1) is 19.0. The van der Waals surface area contributed by atoms with Crippen molar-refractivity contribution < 1.29 is 17.9 Å². The number of carbonyl (C=O) groups excluding carboxylic acids is 1. The molecule has 3 N–H and O–H groups in total. The van der Waals surface area contributed by atoms with E-state index in [2.05, 4.69) is 12.2 Å². The second-order valence-electron chi connectivity index (χ2n) is 5.72. The van der Waals surface area contributed by atoms with Crippen molar-refractivity contribution >= 4 is 21.6 Å². The van der Waals surface area contributed by atoms with Gasteiger partial charge in [-0.15, -0.1) is 0 Å². The third-order valence-electron chi connectivity index (χ3n) is 4.02. The molecule has 0 aliphatic carbocycles. The Balaban J connectivity index is 2.22. The molecule has 7 heteroatoms. The number of amides is 1. The molecule has 1 unspecified atom stereocenters. The highest BCUT2D eigenvalue weighted by atomic mass is 32.2. The fourth-order valence-electron chi connectivity index (χ4n) is 2.42. The number of carbonyl (C=O) groups is 1. The Morgan fingerprint density at radius 2 is 1.84 bits per heavy atom. The summed E-state index contributed by atoms with van der Waals surface area (Å²) in [7, 11) is -2.61. The monoisotopic (exact) mass is 362 g/mol. The van der Waals surface area contributed by atoms with Gasteiger partial charge in [-0.25, -0.2) is 13.6 Å². The molecule has 0 radical (unpaired) electrons. The van der Waals surface area contributed by atoms with Crippen LogP contribution in [0, 0.1) is 0 Å². The Kier molecular flexibility index (Phi) is 5.81. The Bertz CT molecular complexity index is 861. The number of nitrogens with two attached hydrogens (primary N) is 1. The highest BCUT2D eigenvalue weighted by Gasteiger charge is 2.19. The van der Waals surface area contributed by atoms with Gasteiger partial charge in [0.25, 0.3) is 0 Å². The molecule has 1 atom stereocenters. The van der Waals surface area contributed by atoms with Crippen LogP contribution in [0.4, 0.5) is 5.69 Å². The lowest BCUT2D eigenvalue weighted by Crippen LogP contribution is -2.20. The van der Waals surface area contributed by atoms with Gasteiger partial charge in [0.15, 0.2) is 0 Å². The van der Waals surface area contributed by atoms with Gasteiger partial charge in [-0.1, -0.05) is 31.2 Å². The molecule has 134 valence electrons. The minimum absolute atomic E-state index is 0.128. The van der Waals surface area contributed by atoms with Crippen molar-refractivity contribution in [3.63, 3.8) is 0 Å². The fourth-order valence-corrected chi connectivity index (χ4v) is 3.14. The van der Waals surface area contributed by atoms with Crippen LogP contribution in [0.15, 0.2) is 47.4 Å². The van der Waals surface area contributed by atoms with E-state index in [0.717, 1.165) is 12.0 Å². The number of hydrogen-bond donors (Lipinski definition) is 2. The minimum Gasteiger partial charge on any atom is -0.495 e. The van der Waals surface area contributed by atoms with E-state index in [1.807, 2.05) is 24.3 Å². The molecule has 0 saturated heterocycles.